The van der Waals surface area contributed by atoms with Gasteiger partial charge in [0.05, 0.1) is 12.7 Å². The lowest BCUT2D eigenvalue weighted by molar-refractivity contribution is 0.0758. The van der Waals surface area contributed by atoms with Crippen LogP contribution in [0.1, 0.15) is 46.9 Å². The number of primary amides is 1. The van der Waals surface area contributed by atoms with Crippen molar-refractivity contribution in [1.29, 1.82) is 0 Å². The van der Waals surface area contributed by atoms with Crippen LogP contribution in [0.5, 0.6) is 5.75 Å². The zero-order valence-electron chi connectivity index (χ0n) is 14.6. The summed E-state index contributed by atoms with van der Waals surface area (Å²) in [6.07, 6.45) is 3.31. The monoisotopic (exact) mass is 333 g/mol. The van der Waals surface area contributed by atoms with Crippen LogP contribution in [0.25, 0.3) is 0 Å². The molecule has 2 N–H and O–H groups in total. The Morgan fingerprint density at radius 2 is 2.00 bits per heavy atom. The smallest absolute Gasteiger partial charge is 0.257 e. The molecule has 1 heterocycles. The van der Waals surface area contributed by atoms with Gasteiger partial charge in [0.15, 0.2) is 0 Å². The summed E-state index contributed by atoms with van der Waals surface area (Å²) < 4.78 is 5.29. The van der Waals surface area contributed by atoms with E-state index in [-0.39, 0.29) is 5.91 Å². The van der Waals surface area contributed by atoms with Crippen molar-refractivity contribution >= 4 is 11.8 Å². The number of hydrogen-bond acceptors (Lipinski definition) is 4. The van der Waals surface area contributed by atoms with Crippen LogP contribution < -0.4 is 10.5 Å². The van der Waals surface area contributed by atoms with Gasteiger partial charge in [0.25, 0.3) is 5.91 Å². The first kappa shape index (κ1) is 18.3. The molecule has 0 bridgehead atoms. The lowest BCUT2D eigenvalue weighted by Gasteiger charge is -2.23. The fraction of sp³-hybridized carbons (Fsp3) is 0.556. The summed E-state index contributed by atoms with van der Waals surface area (Å²) in [4.78, 5) is 28.6. The van der Waals surface area contributed by atoms with Gasteiger partial charge in [0.1, 0.15) is 5.75 Å². The first-order valence-electron chi connectivity index (χ1n) is 8.56. The molecule has 0 aromatic heterocycles. The number of amides is 2. The van der Waals surface area contributed by atoms with Gasteiger partial charge in [-0.1, -0.05) is 13.3 Å². The predicted octanol–water partition coefficient (Wildman–Crippen LogP) is 1.74. The van der Waals surface area contributed by atoms with Crippen LogP contribution in [0, 0.1) is 0 Å². The molecule has 0 aliphatic carbocycles. The molecule has 6 nitrogen and oxygen atoms in total. The predicted molar refractivity (Wildman–Crippen MR) is 93.4 cm³/mol. The van der Waals surface area contributed by atoms with E-state index in [2.05, 4.69) is 11.8 Å². The molecule has 1 saturated heterocycles. The van der Waals surface area contributed by atoms with E-state index in [1.54, 1.807) is 12.1 Å². The van der Waals surface area contributed by atoms with Crippen molar-refractivity contribution < 1.29 is 14.3 Å². The molecule has 0 unspecified atom stereocenters. The second-order valence-electron chi connectivity index (χ2n) is 6.12. The zero-order chi connectivity index (χ0) is 17.5. The van der Waals surface area contributed by atoms with Crippen LogP contribution in [0.2, 0.25) is 0 Å². The summed E-state index contributed by atoms with van der Waals surface area (Å²) in [5, 5.41) is 0. The highest BCUT2D eigenvalue weighted by molar-refractivity contribution is 6.01. The van der Waals surface area contributed by atoms with E-state index in [0.29, 0.717) is 30.0 Å². The van der Waals surface area contributed by atoms with E-state index in [1.165, 1.54) is 26.0 Å². The number of hydrogen-bond donors (Lipinski definition) is 1. The van der Waals surface area contributed by atoms with Crippen molar-refractivity contribution in [3.8, 4) is 5.75 Å². The van der Waals surface area contributed by atoms with Crippen molar-refractivity contribution in [2.45, 2.75) is 26.2 Å². The average Bonchev–Trinajstić information content (AvgIpc) is 2.84. The van der Waals surface area contributed by atoms with Crippen LogP contribution >= 0.6 is 0 Å². The van der Waals surface area contributed by atoms with Crippen molar-refractivity contribution in [3.63, 3.8) is 0 Å². The van der Waals surface area contributed by atoms with Gasteiger partial charge in [-0.2, -0.15) is 0 Å². The molecule has 1 aromatic rings. The minimum absolute atomic E-state index is 0.104. The van der Waals surface area contributed by atoms with Gasteiger partial charge >= 0.3 is 0 Å². The van der Waals surface area contributed by atoms with E-state index in [0.717, 1.165) is 26.1 Å². The Morgan fingerprint density at radius 3 is 2.67 bits per heavy atom. The highest BCUT2D eigenvalue weighted by Crippen LogP contribution is 2.22. The molecule has 0 atom stereocenters. The molecular formula is C18H27N3O3. The van der Waals surface area contributed by atoms with Crippen LogP contribution in [0.4, 0.5) is 0 Å². The zero-order valence-corrected chi connectivity index (χ0v) is 14.6. The van der Waals surface area contributed by atoms with Gasteiger partial charge in [0.2, 0.25) is 5.91 Å². The molecule has 24 heavy (non-hydrogen) atoms. The molecule has 132 valence electrons. The highest BCUT2D eigenvalue weighted by Gasteiger charge is 2.23. The number of ether oxygens (including phenoxy) is 1. The number of unbranched alkanes of at least 4 members (excludes halogenated alkanes) is 1. The fourth-order valence-corrected chi connectivity index (χ4v) is 2.98. The van der Waals surface area contributed by atoms with Gasteiger partial charge in [-0.05, 0) is 44.1 Å². The minimum Gasteiger partial charge on any atom is -0.496 e. The van der Waals surface area contributed by atoms with E-state index < -0.39 is 5.91 Å². The second kappa shape index (κ2) is 8.68. The second-order valence-corrected chi connectivity index (χ2v) is 6.12. The van der Waals surface area contributed by atoms with E-state index >= 15 is 0 Å². The van der Waals surface area contributed by atoms with Crippen LogP contribution in [0.15, 0.2) is 18.2 Å². The average molecular weight is 333 g/mol. The van der Waals surface area contributed by atoms with Gasteiger partial charge < -0.3 is 20.3 Å². The van der Waals surface area contributed by atoms with Gasteiger partial charge in [-0.3, -0.25) is 9.59 Å². The fourth-order valence-electron chi connectivity index (χ4n) is 2.98. The number of nitrogens with zero attached hydrogens (tertiary/aromatic N) is 2. The number of benzene rings is 1. The Kier molecular flexibility index (Phi) is 6.61. The quantitative estimate of drug-likeness (QED) is 0.860. The first-order chi connectivity index (χ1) is 11.6. The Labute approximate surface area is 143 Å². The standard InChI is InChI=1S/C18H27N3O3/c1-3-4-8-20-9-5-10-21(12-11-20)18(23)15-13-14(17(19)22)6-7-16(15)24-2/h6-7,13H,3-5,8-12H2,1-2H3,(H2,19,22). The van der Waals surface area contributed by atoms with Crippen molar-refractivity contribution in [2.24, 2.45) is 5.73 Å². The molecule has 6 heteroatoms. The van der Waals surface area contributed by atoms with E-state index in [4.69, 9.17) is 10.5 Å². The number of carbonyl (C=O) groups excluding carboxylic acids is 2. The van der Waals surface area contributed by atoms with Gasteiger partial charge in [0, 0.05) is 25.2 Å². The lowest BCUT2D eigenvalue weighted by atomic mass is 10.1. The van der Waals surface area contributed by atoms with Crippen molar-refractivity contribution in [3.05, 3.63) is 29.3 Å². The van der Waals surface area contributed by atoms with Crippen LogP contribution in [0.3, 0.4) is 0 Å². The number of methoxy groups -OCH3 is 1. The Balaban J connectivity index is 2.13. The number of carbonyl (C=O) groups is 2. The number of rotatable bonds is 6. The summed E-state index contributed by atoms with van der Waals surface area (Å²) in [5.41, 5.74) is 6.05. The maximum Gasteiger partial charge on any atom is 0.257 e. The third-order valence-electron chi connectivity index (χ3n) is 4.42. The molecule has 1 aliphatic rings. The van der Waals surface area contributed by atoms with E-state index in [9.17, 15) is 9.59 Å². The first-order valence-corrected chi connectivity index (χ1v) is 8.56. The Hall–Kier alpha value is -2.08. The topological polar surface area (TPSA) is 75.9 Å². The summed E-state index contributed by atoms with van der Waals surface area (Å²) in [7, 11) is 1.52. The minimum atomic E-state index is -0.548. The Morgan fingerprint density at radius 1 is 1.21 bits per heavy atom. The largest absolute Gasteiger partial charge is 0.496 e. The maximum absolute atomic E-state index is 12.9. The maximum atomic E-state index is 12.9. The van der Waals surface area contributed by atoms with Crippen LogP contribution in [-0.4, -0.2) is 61.4 Å². The van der Waals surface area contributed by atoms with Gasteiger partial charge in [-0.15, -0.1) is 0 Å². The molecule has 2 rings (SSSR count). The molecule has 2 amide bonds. The van der Waals surface area contributed by atoms with E-state index in [1.807, 2.05) is 4.90 Å². The molecular weight excluding hydrogens is 306 g/mol. The molecule has 0 saturated carbocycles. The molecule has 1 aromatic carbocycles. The molecule has 1 aliphatic heterocycles. The third-order valence-corrected chi connectivity index (χ3v) is 4.42. The normalized spacial score (nSPS) is 15.8. The molecule has 1 fully saturated rings. The van der Waals surface area contributed by atoms with Gasteiger partial charge in [-0.25, -0.2) is 0 Å². The summed E-state index contributed by atoms with van der Waals surface area (Å²) in [6.45, 7) is 6.56. The lowest BCUT2D eigenvalue weighted by Crippen LogP contribution is -2.35. The highest BCUT2D eigenvalue weighted by atomic mass is 16.5. The molecule has 0 radical (unpaired) electrons. The third kappa shape index (κ3) is 4.47. The Bertz CT molecular complexity index is 589. The summed E-state index contributed by atoms with van der Waals surface area (Å²) in [6, 6.07) is 4.73. The summed E-state index contributed by atoms with van der Waals surface area (Å²) in [5.74, 6) is -0.183. The molecule has 0 spiro atoms. The summed E-state index contributed by atoms with van der Waals surface area (Å²) >= 11 is 0. The number of nitrogens with two attached hydrogens (primary N) is 1. The SMILES string of the molecule is CCCCN1CCCN(C(=O)c2cc(C(N)=O)ccc2OC)CC1. The van der Waals surface area contributed by atoms with Crippen molar-refractivity contribution in [2.75, 3.05) is 39.8 Å². The van der Waals surface area contributed by atoms with Crippen molar-refractivity contribution in [1.82, 2.24) is 9.80 Å². The van der Waals surface area contributed by atoms with Crippen LogP contribution in [-0.2, 0) is 0 Å².